The van der Waals surface area contributed by atoms with Crippen LogP contribution < -0.4 is 0 Å². The molecule has 98 valence electrons. The first-order valence-corrected chi connectivity index (χ1v) is 7.33. The van der Waals surface area contributed by atoms with E-state index in [1.54, 1.807) is 12.5 Å². The smallest absolute Gasteiger partial charge is 0.0981 e. The highest BCUT2D eigenvalue weighted by Crippen LogP contribution is 2.24. The maximum absolute atomic E-state index is 5.16. The Morgan fingerprint density at radius 2 is 1.75 bits per heavy atom. The summed E-state index contributed by atoms with van der Waals surface area (Å²) in [5.74, 6) is 0. The van der Waals surface area contributed by atoms with Gasteiger partial charge in [-0.3, -0.25) is 4.99 Å². The highest BCUT2D eigenvalue weighted by Gasteiger charge is 2.04. The molecule has 2 nitrogen and oxygen atoms in total. The third kappa shape index (κ3) is 2.82. The number of aliphatic imine (C=N–C) groups is 1. The average Bonchev–Trinajstić information content (AvgIpc) is 3.01. The molecule has 20 heavy (non-hydrogen) atoms. The van der Waals surface area contributed by atoms with Crippen molar-refractivity contribution in [2.45, 2.75) is 0 Å². The van der Waals surface area contributed by atoms with Crippen LogP contribution in [0.5, 0.6) is 0 Å². The van der Waals surface area contributed by atoms with Gasteiger partial charge in [0, 0.05) is 20.9 Å². The zero-order valence-electron chi connectivity index (χ0n) is 10.7. The van der Waals surface area contributed by atoms with Crippen LogP contribution in [0, 0.1) is 3.57 Å². The molecule has 2 aromatic carbocycles. The maximum atomic E-state index is 5.16. The summed E-state index contributed by atoms with van der Waals surface area (Å²) < 4.78 is 6.30. The lowest BCUT2D eigenvalue weighted by molar-refractivity contribution is 0.568. The Hall–Kier alpha value is -1.88. The molecule has 0 unspecified atom stereocenters. The van der Waals surface area contributed by atoms with Crippen LogP contribution >= 0.6 is 22.6 Å². The molecule has 0 amide bonds. The van der Waals surface area contributed by atoms with Crippen molar-refractivity contribution in [2.24, 2.45) is 4.99 Å². The highest BCUT2D eigenvalue weighted by atomic mass is 127. The summed E-state index contributed by atoms with van der Waals surface area (Å²) in [6.07, 6.45) is 5.34. The van der Waals surface area contributed by atoms with Gasteiger partial charge in [-0.25, -0.2) is 0 Å². The van der Waals surface area contributed by atoms with Crippen LogP contribution in [-0.2, 0) is 0 Å². The molecule has 3 heteroatoms. The van der Waals surface area contributed by atoms with Gasteiger partial charge in [0.25, 0.3) is 0 Å². The van der Waals surface area contributed by atoms with E-state index in [2.05, 4.69) is 45.8 Å². The van der Waals surface area contributed by atoms with Gasteiger partial charge in [0.15, 0.2) is 0 Å². The van der Waals surface area contributed by atoms with E-state index in [1.807, 2.05) is 42.6 Å². The molecule has 0 atom stereocenters. The van der Waals surface area contributed by atoms with Gasteiger partial charge >= 0.3 is 0 Å². The van der Waals surface area contributed by atoms with E-state index in [9.17, 15) is 0 Å². The van der Waals surface area contributed by atoms with Gasteiger partial charge < -0.3 is 4.42 Å². The van der Waals surface area contributed by atoms with E-state index >= 15 is 0 Å². The quantitative estimate of drug-likeness (QED) is 0.452. The van der Waals surface area contributed by atoms with E-state index in [0.29, 0.717) is 0 Å². The largest absolute Gasteiger partial charge is 0.472 e. The summed E-state index contributed by atoms with van der Waals surface area (Å²) in [7, 11) is 0. The molecular weight excluding hydrogens is 361 g/mol. The van der Waals surface area contributed by atoms with E-state index in [-0.39, 0.29) is 0 Å². The summed E-state index contributed by atoms with van der Waals surface area (Å²) in [4.78, 5) is 4.58. The van der Waals surface area contributed by atoms with Gasteiger partial charge in [0.1, 0.15) is 0 Å². The second kappa shape index (κ2) is 6.05. The lowest BCUT2D eigenvalue weighted by Gasteiger charge is -2.03. The van der Waals surface area contributed by atoms with Gasteiger partial charge in [0.05, 0.1) is 18.2 Å². The van der Waals surface area contributed by atoms with Crippen molar-refractivity contribution >= 4 is 34.5 Å². The number of rotatable bonds is 3. The highest BCUT2D eigenvalue weighted by molar-refractivity contribution is 14.1. The zero-order chi connectivity index (χ0) is 13.8. The third-order valence-electron chi connectivity index (χ3n) is 2.99. The predicted octanol–water partition coefficient (Wildman–Crippen LogP) is 5.30. The molecule has 0 spiro atoms. The predicted molar refractivity (Wildman–Crippen MR) is 90.6 cm³/mol. The summed E-state index contributed by atoms with van der Waals surface area (Å²) >= 11 is 2.29. The van der Waals surface area contributed by atoms with Crippen LogP contribution in [0.3, 0.4) is 0 Å². The minimum atomic E-state index is 0.982. The second-order valence-corrected chi connectivity index (χ2v) is 5.47. The fourth-order valence-electron chi connectivity index (χ4n) is 1.99. The minimum Gasteiger partial charge on any atom is -0.472 e. The van der Waals surface area contributed by atoms with Crippen LogP contribution in [0.25, 0.3) is 11.1 Å². The zero-order valence-corrected chi connectivity index (χ0v) is 12.8. The number of hydrogen-bond donors (Lipinski definition) is 0. The number of benzene rings is 2. The molecule has 1 aromatic heterocycles. The topological polar surface area (TPSA) is 25.5 Å². The second-order valence-electron chi connectivity index (χ2n) is 4.31. The van der Waals surface area contributed by atoms with Gasteiger partial charge in [-0.1, -0.05) is 36.4 Å². The molecule has 0 N–H and O–H groups in total. The molecule has 0 bridgehead atoms. The molecule has 3 aromatic rings. The molecule has 0 aliphatic carbocycles. The van der Waals surface area contributed by atoms with E-state index < -0.39 is 0 Å². The van der Waals surface area contributed by atoms with Gasteiger partial charge in [0.2, 0.25) is 0 Å². The van der Waals surface area contributed by atoms with Crippen molar-refractivity contribution in [3.63, 3.8) is 0 Å². The number of para-hydroxylation sites is 1. The van der Waals surface area contributed by atoms with Gasteiger partial charge in [-0.15, -0.1) is 0 Å². The van der Waals surface area contributed by atoms with Crippen LogP contribution in [0.2, 0.25) is 0 Å². The molecular formula is C17H12INO. The number of halogens is 1. The van der Waals surface area contributed by atoms with E-state index in [1.165, 1.54) is 0 Å². The first-order chi connectivity index (χ1) is 9.84. The third-order valence-corrected chi connectivity index (χ3v) is 3.90. The SMILES string of the molecule is Ic1ccccc1N=Cc1ccccc1-c1ccoc1. The Morgan fingerprint density at radius 1 is 0.950 bits per heavy atom. The van der Waals surface area contributed by atoms with Crippen LogP contribution in [0.15, 0.2) is 76.5 Å². The van der Waals surface area contributed by atoms with Crippen molar-refractivity contribution in [3.8, 4) is 11.1 Å². The number of furan rings is 1. The number of hydrogen-bond acceptors (Lipinski definition) is 2. The standard InChI is InChI=1S/C17H12INO/c18-16-7-3-4-8-17(16)19-11-13-5-1-2-6-15(13)14-9-10-20-12-14/h1-12H. The molecule has 0 saturated carbocycles. The molecule has 0 radical (unpaired) electrons. The first-order valence-electron chi connectivity index (χ1n) is 6.25. The average molecular weight is 373 g/mol. The Balaban J connectivity index is 1.98. The Labute approximate surface area is 131 Å². The normalized spacial score (nSPS) is 11.1. The Bertz CT molecular complexity index is 732. The van der Waals surface area contributed by atoms with Crippen molar-refractivity contribution in [1.29, 1.82) is 0 Å². The monoisotopic (exact) mass is 373 g/mol. The van der Waals surface area contributed by atoms with E-state index in [0.717, 1.165) is 25.9 Å². The molecule has 0 fully saturated rings. The summed E-state index contributed by atoms with van der Waals surface area (Å²) in [5.41, 5.74) is 4.24. The minimum absolute atomic E-state index is 0.982. The Kier molecular flexibility index (Phi) is 3.97. The summed E-state index contributed by atoms with van der Waals surface area (Å²) in [5, 5.41) is 0. The lowest BCUT2D eigenvalue weighted by Crippen LogP contribution is -1.86. The number of nitrogens with zero attached hydrogens (tertiary/aromatic N) is 1. The van der Waals surface area contributed by atoms with Crippen molar-refractivity contribution in [1.82, 2.24) is 0 Å². The molecule has 0 saturated heterocycles. The van der Waals surface area contributed by atoms with Crippen molar-refractivity contribution < 1.29 is 4.42 Å². The molecule has 0 aliphatic rings. The van der Waals surface area contributed by atoms with Crippen molar-refractivity contribution in [2.75, 3.05) is 0 Å². The maximum Gasteiger partial charge on any atom is 0.0981 e. The Morgan fingerprint density at radius 3 is 2.55 bits per heavy atom. The summed E-state index contributed by atoms with van der Waals surface area (Å²) in [6, 6.07) is 18.2. The fraction of sp³-hybridized carbons (Fsp3) is 0. The first kappa shape index (κ1) is 13.1. The van der Waals surface area contributed by atoms with Gasteiger partial charge in [-0.05, 0) is 46.4 Å². The van der Waals surface area contributed by atoms with Crippen LogP contribution in [0.4, 0.5) is 5.69 Å². The fourth-order valence-corrected chi connectivity index (χ4v) is 2.51. The van der Waals surface area contributed by atoms with Crippen LogP contribution in [0.1, 0.15) is 5.56 Å². The van der Waals surface area contributed by atoms with Gasteiger partial charge in [-0.2, -0.15) is 0 Å². The summed E-state index contributed by atoms with van der Waals surface area (Å²) in [6.45, 7) is 0. The molecule has 1 heterocycles. The van der Waals surface area contributed by atoms with Crippen LogP contribution in [-0.4, -0.2) is 6.21 Å². The van der Waals surface area contributed by atoms with Crippen molar-refractivity contribution in [3.05, 3.63) is 76.3 Å². The lowest BCUT2D eigenvalue weighted by atomic mass is 10.0. The molecule has 0 aliphatic heterocycles. The van der Waals surface area contributed by atoms with E-state index in [4.69, 9.17) is 4.42 Å². The molecule has 3 rings (SSSR count).